The average molecular weight is 1090 g/mol. The fraction of sp³-hybridized carbons (Fsp3) is 0.785. The van der Waals surface area contributed by atoms with Gasteiger partial charge < -0.3 is 39.0 Å². The van der Waals surface area contributed by atoms with Crippen molar-refractivity contribution < 1.29 is 58.2 Å². The molecule has 0 aromatic carbocycles. The number of aliphatic hydroxyl groups excluding tert-OH is 2. The topological polar surface area (TPSA) is 175 Å². The quantitative estimate of drug-likeness (QED) is 0.0228. The second-order valence-corrected chi connectivity index (χ2v) is 21.3. The van der Waals surface area contributed by atoms with E-state index in [4.69, 9.17) is 23.7 Å². The normalized spacial score (nSPS) is 18.4. The lowest BCUT2D eigenvalue weighted by Gasteiger charge is -2.40. The molecule has 1 heterocycles. The second kappa shape index (κ2) is 53.1. The van der Waals surface area contributed by atoms with Crippen LogP contribution < -0.4 is 0 Å². The minimum Gasteiger partial charge on any atom is -0.479 e. The van der Waals surface area contributed by atoms with E-state index in [1.54, 1.807) is 0 Å². The van der Waals surface area contributed by atoms with E-state index in [1.807, 2.05) is 18.2 Å². The summed E-state index contributed by atoms with van der Waals surface area (Å²) in [6, 6.07) is 0. The predicted octanol–water partition coefficient (Wildman–Crippen LogP) is 16.3. The third-order valence-electron chi connectivity index (χ3n) is 14.1. The number of carbonyl (C=O) groups is 4. The Morgan fingerprint density at radius 2 is 0.844 bits per heavy atom. The zero-order valence-corrected chi connectivity index (χ0v) is 49.0. The molecule has 1 saturated heterocycles. The molecule has 77 heavy (non-hydrogen) atoms. The largest absolute Gasteiger partial charge is 0.479 e. The molecule has 6 unspecified atom stereocenters. The Balaban J connectivity index is 2.68. The van der Waals surface area contributed by atoms with Crippen molar-refractivity contribution >= 4 is 23.9 Å². The van der Waals surface area contributed by atoms with Crippen LogP contribution in [-0.2, 0) is 42.9 Å². The molecular formula is C65H112O12. The van der Waals surface area contributed by atoms with Crippen LogP contribution in [0.2, 0.25) is 0 Å². The molecule has 0 aromatic rings. The van der Waals surface area contributed by atoms with Gasteiger partial charge in [0.15, 0.2) is 24.6 Å². The maximum absolute atomic E-state index is 13.2. The first-order chi connectivity index (χ1) is 37.6. The van der Waals surface area contributed by atoms with Crippen LogP contribution in [0.4, 0.5) is 0 Å². The highest BCUT2D eigenvalue weighted by Crippen LogP contribution is 2.26. The van der Waals surface area contributed by atoms with E-state index in [0.717, 1.165) is 77.0 Å². The molecule has 12 nitrogen and oxygen atoms in total. The molecule has 1 aliphatic heterocycles. The molecule has 6 atom stereocenters. The van der Waals surface area contributed by atoms with Gasteiger partial charge >= 0.3 is 23.9 Å². The highest BCUT2D eigenvalue weighted by molar-refractivity contribution is 5.74. The van der Waals surface area contributed by atoms with Crippen LogP contribution in [0.3, 0.4) is 0 Å². The molecule has 0 saturated carbocycles. The maximum Gasteiger partial charge on any atom is 0.335 e. The molecule has 0 aromatic heterocycles. The fourth-order valence-electron chi connectivity index (χ4n) is 9.32. The molecule has 1 fully saturated rings. The molecule has 0 amide bonds. The first kappa shape index (κ1) is 71.4. The lowest BCUT2D eigenvalue weighted by molar-refractivity contribution is -0.301. The van der Waals surface area contributed by atoms with Crippen LogP contribution in [0.5, 0.6) is 0 Å². The Morgan fingerprint density at radius 1 is 0.442 bits per heavy atom. The van der Waals surface area contributed by atoms with Gasteiger partial charge in [0.1, 0.15) is 18.8 Å². The molecule has 3 N–H and O–H groups in total. The second-order valence-electron chi connectivity index (χ2n) is 21.3. The number of rotatable bonds is 53. The van der Waals surface area contributed by atoms with Gasteiger partial charge in [-0.3, -0.25) is 14.4 Å². The summed E-state index contributed by atoms with van der Waals surface area (Å²) < 4.78 is 28.4. The third kappa shape index (κ3) is 43.0. The van der Waals surface area contributed by atoms with Gasteiger partial charge in [-0.15, -0.1) is 0 Å². The van der Waals surface area contributed by atoms with E-state index in [-0.39, 0.29) is 25.9 Å². The van der Waals surface area contributed by atoms with Crippen LogP contribution in [0.15, 0.2) is 60.8 Å². The Bertz CT molecular complexity index is 1570. The molecule has 1 rings (SSSR count). The van der Waals surface area contributed by atoms with Crippen LogP contribution in [0.1, 0.15) is 278 Å². The van der Waals surface area contributed by atoms with Crippen LogP contribution in [0, 0.1) is 0 Å². The standard InChI is InChI=1S/C65H112O12/c1-4-7-10-13-16-19-22-25-27-28-29-30-32-34-36-39-42-45-48-51-57(66)73-54-56(75-58(67)52-49-46-43-40-38-35-31-26-23-20-17-14-11-8-5-2)55-74-65-63(61(70)60(69)62(77-65)64(71)72)76-59(68)53-50-47-44-41-37-33-24-21-18-15-12-9-6-3/h9,12,18,21,26,31,33,37,44,47,56,60-63,65,69-70H,4-8,10-11,13-17,19-20,22-25,27-30,32,34-36,38-43,45-46,48-55H2,1-3H3,(H,71,72)/b12-9-,21-18-,31-26-,37-33-,47-44-. The average Bonchev–Trinajstić information content (AvgIpc) is 3.42. The van der Waals surface area contributed by atoms with Crippen LogP contribution >= 0.6 is 0 Å². The van der Waals surface area contributed by atoms with Crippen molar-refractivity contribution in [3.05, 3.63) is 60.8 Å². The molecule has 0 radical (unpaired) electrons. The number of aliphatic carboxylic acids is 1. The smallest absolute Gasteiger partial charge is 0.335 e. The first-order valence-corrected chi connectivity index (χ1v) is 31.3. The highest BCUT2D eigenvalue weighted by atomic mass is 16.7. The van der Waals surface area contributed by atoms with Crippen LogP contribution in [0.25, 0.3) is 0 Å². The lowest BCUT2D eigenvalue weighted by Crippen LogP contribution is -2.61. The number of carbonyl (C=O) groups excluding carboxylic acids is 3. The van der Waals surface area contributed by atoms with Crippen molar-refractivity contribution in [3.63, 3.8) is 0 Å². The number of carboxylic acid groups (broad SMARTS) is 1. The summed E-state index contributed by atoms with van der Waals surface area (Å²) in [5, 5.41) is 31.5. The van der Waals surface area contributed by atoms with Gasteiger partial charge in [-0.25, -0.2) is 4.79 Å². The van der Waals surface area contributed by atoms with E-state index in [0.29, 0.717) is 25.7 Å². The molecule has 12 heteroatoms. The minimum absolute atomic E-state index is 0.0608. The van der Waals surface area contributed by atoms with Crippen molar-refractivity contribution in [1.29, 1.82) is 0 Å². The summed E-state index contributed by atoms with van der Waals surface area (Å²) in [4.78, 5) is 51.1. The van der Waals surface area contributed by atoms with Gasteiger partial charge in [-0.1, -0.05) is 248 Å². The monoisotopic (exact) mass is 1080 g/mol. The number of ether oxygens (including phenoxy) is 5. The van der Waals surface area contributed by atoms with E-state index in [2.05, 4.69) is 63.3 Å². The van der Waals surface area contributed by atoms with E-state index < -0.39 is 67.3 Å². The summed E-state index contributed by atoms with van der Waals surface area (Å²) in [5.41, 5.74) is 0. The zero-order valence-electron chi connectivity index (χ0n) is 49.0. The molecule has 0 bridgehead atoms. The molecule has 0 spiro atoms. The molecular weight excluding hydrogens is 973 g/mol. The van der Waals surface area contributed by atoms with E-state index in [1.165, 1.54) is 135 Å². The molecule has 1 aliphatic rings. The SMILES string of the molecule is CC/C=C\C/C=C\C/C=C\C/C=C\CCC(=O)OC1C(OCC(COC(=O)CCCCCCCCCCCCCCCCCCCCC)OC(=O)CCCCCCC/C=C\CCCCCCCC)OC(C(=O)O)C(O)C1O. The van der Waals surface area contributed by atoms with Gasteiger partial charge in [-0.2, -0.15) is 0 Å². The highest BCUT2D eigenvalue weighted by Gasteiger charge is 2.50. The number of carboxylic acids is 1. The molecule has 0 aliphatic carbocycles. The van der Waals surface area contributed by atoms with Crippen molar-refractivity contribution in [2.45, 2.75) is 314 Å². The Kier molecular flexibility index (Phi) is 49.2. The van der Waals surface area contributed by atoms with Gasteiger partial charge in [0.2, 0.25) is 0 Å². The van der Waals surface area contributed by atoms with Crippen LogP contribution in [-0.4, -0.2) is 89.2 Å². The van der Waals surface area contributed by atoms with Gasteiger partial charge in [-0.05, 0) is 70.6 Å². The summed E-state index contributed by atoms with van der Waals surface area (Å²) in [6.45, 7) is 5.86. The Morgan fingerprint density at radius 3 is 1.30 bits per heavy atom. The number of hydrogen-bond acceptors (Lipinski definition) is 11. The Hall–Kier alpha value is -3.58. The summed E-state index contributed by atoms with van der Waals surface area (Å²) in [5.74, 6) is -3.22. The lowest BCUT2D eigenvalue weighted by atomic mass is 9.98. The Labute approximate surface area is 468 Å². The number of hydrogen-bond donors (Lipinski definition) is 3. The maximum atomic E-state index is 13.2. The number of allylic oxidation sites excluding steroid dienone is 10. The van der Waals surface area contributed by atoms with Crippen molar-refractivity contribution in [3.8, 4) is 0 Å². The minimum atomic E-state index is -1.93. The zero-order chi connectivity index (χ0) is 56.1. The predicted molar refractivity (Wildman–Crippen MR) is 312 cm³/mol. The van der Waals surface area contributed by atoms with Gasteiger partial charge in [0.25, 0.3) is 0 Å². The van der Waals surface area contributed by atoms with Gasteiger partial charge in [0, 0.05) is 19.3 Å². The fourth-order valence-corrected chi connectivity index (χ4v) is 9.32. The summed E-state index contributed by atoms with van der Waals surface area (Å²) in [6.07, 6.45) is 53.5. The number of aliphatic hydroxyl groups is 2. The summed E-state index contributed by atoms with van der Waals surface area (Å²) in [7, 11) is 0. The third-order valence-corrected chi connectivity index (χ3v) is 14.1. The first-order valence-electron chi connectivity index (χ1n) is 31.3. The number of unbranched alkanes of at least 4 members (excludes halogenated alkanes) is 29. The summed E-state index contributed by atoms with van der Waals surface area (Å²) >= 11 is 0. The van der Waals surface area contributed by atoms with Gasteiger partial charge in [0.05, 0.1) is 6.61 Å². The van der Waals surface area contributed by atoms with Crippen molar-refractivity contribution in [2.24, 2.45) is 0 Å². The molecule has 444 valence electrons. The number of esters is 3. The van der Waals surface area contributed by atoms with E-state index in [9.17, 15) is 34.5 Å². The van der Waals surface area contributed by atoms with Crippen molar-refractivity contribution in [1.82, 2.24) is 0 Å². The van der Waals surface area contributed by atoms with E-state index >= 15 is 0 Å². The van der Waals surface area contributed by atoms with Crippen molar-refractivity contribution in [2.75, 3.05) is 13.2 Å².